The largest absolute Gasteiger partial charge is 0.378 e. The summed E-state index contributed by atoms with van der Waals surface area (Å²) < 4.78 is 1.56. The lowest BCUT2D eigenvalue weighted by molar-refractivity contribution is -0.118. The van der Waals surface area contributed by atoms with Gasteiger partial charge in [0, 0.05) is 31.4 Å². The number of aromatic nitrogens is 2. The summed E-state index contributed by atoms with van der Waals surface area (Å²) in [6.07, 6.45) is 4.70. The molecule has 1 atom stereocenters. The number of carbonyl (C=O) groups excluding carboxylic acids is 1. The number of rotatable bonds is 5. The highest BCUT2D eigenvalue weighted by atomic mass is 16.1. The Morgan fingerprint density at radius 3 is 3.06 bits per heavy atom. The van der Waals surface area contributed by atoms with Crippen molar-refractivity contribution in [1.29, 1.82) is 0 Å². The number of primary amides is 1. The van der Waals surface area contributed by atoms with Crippen LogP contribution in [0.3, 0.4) is 0 Å². The predicted molar refractivity (Wildman–Crippen MR) is 70.2 cm³/mol. The number of nitrogens with one attached hydrogen (secondary N) is 1. The number of hydrogen-bond acceptors (Lipinski definition) is 4. The lowest BCUT2D eigenvalue weighted by Crippen LogP contribution is -2.31. The minimum absolute atomic E-state index is 0.129. The molecule has 1 amide bonds. The van der Waals surface area contributed by atoms with E-state index in [1.165, 1.54) is 0 Å². The molecule has 0 aromatic carbocycles. The van der Waals surface area contributed by atoms with E-state index in [2.05, 4.69) is 29.2 Å². The van der Waals surface area contributed by atoms with Crippen LogP contribution in [-0.2, 0) is 11.3 Å². The third kappa shape index (κ3) is 3.22. The molecule has 0 spiro atoms. The molecule has 6 nitrogen and oxygen atoms in total. The first-order chi connectivity index (χ1) is 8.54. The van der Waals surface area contributed by atoms with Gasteiger partial charge in [-0.05, 0) is 20.3 Å². The minimum atomic E-state index is -0.378. The van der Waals surface area contributed by atoms with Crippen molar-refractivity contribution in [3.8, 4) is 0 Å². The Balaban J connectivity index is 1.87. The fourth-order valence-electron chi connectivity index (χ4n) is 2.29. The lowest BCUT2D eigenvalue weighted by atomic mass is 10.2. The summed E-state index contributed by atoms with van der Waals surface area (Å²) in [5.41, 5.74) is 6.07. The molecule has 0 bridgehead atoms. The fraction of sp³-hybridized carbons (Fsp3) is 0.667. The quantitative estimate of drug-likeness (QED) is 0.787. The monoisotopic (exact) mass is 251 g/mol. The van der Waals surface area contributed by atoms with Gasteiger partial charge in [0.25, 0.3) is 0 Å². The molecule has 1 aliphatic heterocycles. The maximum atomic E-state index is 10.8. The summed E-state index contributed by atoms with van der Waals surface area (Å²) in [6.45, 7) is 6.74. The van der Waals surface area contributed by atoms with E-state index in [9.17, 15) is 4.79 Å². The average molecular weight is 251 g/mol. The maximum absolute atomic E-state index is 10.8. The van der Waals surface area contributed by atoms with Gasteiger partial charge in [-0.2, -0.15) is 5.10 Å². The van der Waals surface area contributed by atoms with E-state index < -0.39 is 0 Å². The van der Waals surface area contributed by atoms with Crippen LogP contribution in [0.2, 0.25) is 0 Å². The van der Waals surface area contributed by atoms with Crippen LogP contribution in [0.15, 0.2) is 12.4 Å². The zero-order chi connectivity index (χ0) is 13.1. The van der Waals surface area contributed by atoms with Crippen molar-refractivity contribution in [1.82, 2.24) is 14.7 Å². The topological polar surface area (TPSA) is 76.2 Å². The Kier molecular flexibility index (Phi) is 3.86. The summed E-state index contributed by atoms with van der Waals surface area (Å²) in [4.78, 5) is 13.2. The Hall–Kier alpha value is -1.56. The van der Waals surface area contributed by atoms with Crippen LogP contribution in [-0.4, -0.2) is 45.8 Å². The van der Waals surface area contributed by atoms with Gasteiger partial charge in [-0.25, -0.2) is 0 Å². The molecule has 0 saturated carbocycles. The van der Waals surface area contributed by atoms with E-state index in [0.29, 0.717) is 12.1 Å². The number of carbonyl (C=O) groups is 1. The molecule has 1 aliphatic rings. The molecule has 18 heavy (non-hydrogen) atoms. The molecule has 2 heterocycles. The first-order valence-electron chi connectivity index (χ1n) is 6.36. The number of anilines is 1. The number of hydrogen-bond donors (Lipinski definition) is 2. The van der Waals surface area contributed by atoms with Crippen LogP contribution < -0.4 is 11.1 Å². The van der Waals surface area contributed by atoms with Crippen molar-refractivity contribution in [2.75, 3.05) is 18.4 Å². The van der Waals surface area contributed by atoms with Crippen LogP contribution in [0.4, 0.5) is 5.69 Å². The zero-order valence-corrected chi connectivity index (χ0v) is 11.0. The third-order valence-corrected chi connectivity index (χ3v) is 3.27. The predicted octanol–water partition coefficient (Wildman–Crippen LogP) is 0.263. The Morgan fingerprint density at radius 1 is 1.67 bits per heavy atom. The third-order valence-electron chi connectivity index (χ3n) is 3.27. The van der Waals surface area contributed by atoms with Gasteiger partial charge in [-0.3, -0.25) is 14.4 Å². The van der Waals surface area contributed by atoms with Gasteiger partial charge in [0.15, 0.2) is 0 Å². The summed E-state index contributed by atoms with van der Waals surface area (Å²) >= 11 is 0. The molecule has 6 heteroatoms. The van der Waals surface area contributed by atoms with Crippen LogP contribution in [0.5, 0.6) is 0 Å². The normalized spacial score (nSPS) is 20.5. The van der Waals surface area contributed by atoms with Crippen molar-refractivity contribution >= 4 is 11.6 Å². The molecule has 100 valence electrons. The second-order valence-corrected chi connectivity index (χ2v) is 5.11. The summed E-state index contributed by atoms with van der Waals surface area (Å²) in [7, 11) is 0. The van der Waals surface area contributed by atoms with Crippen molar-refractivity contribution in [3.05, 3.63) is 12.4 Å². The molecular formula is C12H21N5O. The summed E-state index contributed by atoms with van der Waals surface area (Å²) in [5.74, 6) is -0.378. The van der Waals surface area contributed by atoms with E-state index in [1.54, 1.807) is 10.9 Å². The molecule has 1 aromatic rings. The zero-order valence-electron chi connectivity index (χ0n) is 11.0. The minimum Gasteiger partial charge on any atom is -0.378 e. The molecule has 1 fully saturated rings. The van der Waals surface area contributed by atoms with Gasteiger partial charge in [0.2, 0.25) is 5.91 Å². The highest BCUT2D eigenvalue weighted by Gasteiger charge is 2.24. The van der Waals surface area contributed by atoms with Gasteiger partial charge in [0.1, 0.15) is 6.54 Å². The molecule has 3 N–H and O–H groups in total. The first kappa shape index (κ1) is 12.9. The van der Waals surface area contributed by atoms with Crippen LogP contribution >= 0.6 is 0 Å². The molecule has 0 radical (unpaired) electrons. The van der Waals surface area contributed by atoms with Crippen LogP contribution in [0.1, 0.15) is 20.3 Å². The summed E-state index contributed by atoms with van der Waals surface area (Å²) in [5, 5.41) is 7.53. The van der Waals surface area contributed by atoms with Crippen LogP contribution in [0, 0.1) is 0 Å². The molecule has 2 rings (SSSR count). The van der Waals surface area contributed by atoms with Gasteiger partial charge in [-0.1, -0.05) is 0 Å². The average Bonchev–Trinajstić information content (AvgIpc) is 2.88. The second-order valence-electron chi connectivity index (χ2n) is 5.11. The lowest BCUT2D eigenvalue weighted by Gasteiger charge is -2.20. The molecule has 1 unspecified atom stereocenters. The number of nitrogens with zero attached hydrogens (tertiary/aromatic N) is 3. The maximum Gasteiger partial charge on any atom is 0.239 e. The molecule has 1 saturated heterocycles. The van der Waals surface area contributed by atoms with E-state index in [-0.39, 0.29) is 12.5 Å². The van der Waals surface area contributed by atoms with E-state index in [4.69, 9.17) is 5.73 Å². The van der Waals surface area contributed by atoms with Crippen molar-refractivity contribution < 1.29 is 4.79 Å². The van der Waals surface area contributed by atoms with Gasteiger partial charge in [0.05, 0.1) is 11.9 Å². The number of amides is 1. The van der Waals surface area contributed by atoms with Gasteiger partial charge in [-0.15, -0.1) is 0 Å². The van der Waals surface area contributed by atoms with E-state index in [1.807, 2.05) is 6.20 Å². The molecule has 0 aliphatic carbocycles. The fourth-order valence-corrected chi connectivity index (χ4v) is 2.29. The van der Waals surface area contributed by atoms with E-state index in [0.717, 1.165) is 25.2 Å². The second kappa shape index (κ2) is 5.39. The van der Waals surface area contributed by atoms with E-state index >= 15 is 0 Å². The highest BCUT2D eigenvalue weighted by molar-refractivity contribution is 5.73. The molecular weight excluding hydrogens is 230 g/mol. The van der Waals surface area contributed by atoms with Crippen molar-refractivity contribution in [3.63, 3.8) is 0 Å². The SMILES string of the molecule is CC(C)N1CCC(Nc2cnn(CC(N)=O)c2)C1. The van der Waals surface area contributed by atoms with Crippen molar-refractivity contribution in [2.24, 2.45) is 5.73 Å². The Morgan fingerprint density at radius 2 is 2.44 bits per heavy atom. The van der Waals surface area contributed by atoms with Gasteiger partial charge >= 0.3 is 0 Å². The van der Waals surface area contributed by atoms with Crippen molar-refractivity contribution in [2.45, 2.75) is 38.9 Å². The Bertz CT molecular complexity index is 414. The number of likely N-dealkylation sites (tertiary alicyclic amines) is 1. The highest BCUT2D eigenvalue weighted by Crippen LogP contribution is 2.17. The summed E-state index contributed by atoms with van der Waals surface area (Å²) in [6, 6.07) is 1.05. The molecule has 1 aromatic heterocycles. The van der Waals surface area contributed by atoms with Gasteiger partial charge < -0.3 is 11.1 Å². The number of nitrogens with two attached hydrogens (primary N) is 1. The van der Waals surface area contributed by atoms with Crippen LogP contribution in [0.25, 0.3) is 0 Å². The standard InChI is InChI=1S/C12H21N5O/c1-9(2)16-4-3-10(6-16)15-11-5-14-17(7-11)8-12(13)18/h5,7,9-10,15H,3-4,6,8H2,1-2H3,(H2,13,18). The first-order valence-corrected chi connectivity index (χ1v) is 6.36. The Labute approximate surface area is 107 Å². The smallest absolute Gasteiger partial charge is 0.239 e.